The molecule has 7 heteroatoms. The Bertz CT molecular complexity index is 911. The third-order valence-corrected chi connectivity index (χ3v) is 6.22. The van der Waals surface area contributed by atoms with Crippen molar-refractivity contribution in [1.29, 1.82) is 0 Å². The van der Waals surface area contributed by atoms with Crippen LogP contribution in [-0.4, -0.2) is 61.4 Å². The minimum atomic E-state index is -0.854. The fraction of sp³-hybridized carbons (Fsp3) is 0.500. The van der Waals surface area contributed by atoms with Gasteiger partial charge in [0, 0.05) is 6.54 Å². The quantitative estimate of drug-likeness (QED) is 0.574. The number of aryl methyl sites for hydroxylation is 1. The molecule has 1 amide bonds. The van der Waals surface area contributed by atoms with Crippen LogP contribution in [0.5, 0.6) is 17.2 Å². The van der Waals surface area contributed by atoms with Gasteiger partial charge in [0.1, 0.15) is 25.1 Å². The molecule has 2 N–H and O–H groups in total. The molecule has 0 aromatic heterocycles. The zero-order chi connectivity index (χ0) is 23.0. The molecule has 4 rings (SSSR count). The number of carbonyl (C=O) groups is 1. The largest absolute Gasteiger partial charge is 0.493 e. The lowest BCUT2D eigenvalue weighted by atomic mass is 10.0. The number of nitrogens with zero attached hydrogens (tertiary/aromatic N) is 1. The van der Waals surface area contributed by atoms with E-state index in [0.29, 0.717) is 36.8 Å². The van der Waals surface area contributed by atoms with E-state index < -0.39 is 12.1 Å². The molecule has 2 aliphatic heterocycles. The number of carbonyl (C=O) groups excluding carboxylic acids is 1. The van der Waals surface area contributed by atoms with E-state index in [-0.39, 0.29) is 18.9 Å². The Labute approximate surface area is 195 Å². The van der Waals surface area contributed by atoms with Crippen LogP contribution in [0.1, 0.15) is 43.4 Å². The van der Waals surface area contributed by atoms with Gasteiger partial charge >= 0.3 is 0 Å². The van der Waals surface area contributed by atoms with Crippen LogP contribution in [-0.2, 0) is 11.2 Å². The van der Waals surface area contributed by atoms with E-state index >= 15 is 0 Å². The lowest BCUT2D eigenvalue weighted by molar-refractivity contribution is -0.123. The molecule has 2 aromatic rings. The van der Waals surface area contributed by atoms with Crippen molar-refractivity contribution in [3.63, 3.8) is 0 Å². The fourth-order valence-corrected chi connectivity index (χ4v) is 4.31. The van der Waals surface area contributed by atoms with Gasteiger partial charge in [0.15, 0.2) is 11.5 Å². The molecule has 2 unspecified atom stereocenters. The number of hydrogen-bond donors (Lipinski definition) is 2. The Morgan fingerprint density at radius 1 is 1.09 bits per heavy atom. The van der Waals surface area contributed by atoms with E-state index in [1.54, 1.807) is 0 Å². The molecule has 2 aromatic carbocycles. The first-order chi connectivity index (χ1) is 16.1. The van der Waals surface area contributed by atoms with Crippen LogP contribution < -0.4 is 19.5 Å². The molecule has 2 atom stereocenters. The summed E-state index contributed by atoms with van der Waals surface area (Å²) in [5.41, 5.74) is 1.95. The SMILES string of the molecule is CCc1ccc(OCCC(=O)NC(CN2CCCC2)C(O)c2ccc3c(c2)OCCO3)cc1. The van der Waals surface area contributed by atoms with E-state index in [9.17, 15) is 9.90 Å². The Kier molecular flexibility index (Phi) is 8.07. The number of nitrogens with one attached hydrogen (secondary N) is 1. The second kappa shape index (κ2) is 11.4. The summed E-state index contributed by atoms with van der Waals surface area (Å²) in [6, 6.07) is 13.0. The second-order valence-electron chi connectivity index (χ2n) is 8.63. The summed E-state index contributed by atoms with van der Waals surface area (Å²) in [7, 11) is 0. The molecule has 0 bridgehead atoms. The Hall–Kier alpha value is -2.77. The van der Waals surface area contributed by atoms with Crippen LogP contribution in [0.15, 0.2) is 42.5 Å². The summed E-state index contributed by atoms with van der Waals surface area (Å²) >= 11 is 0. The van der Waals surface area contributed by atoms with Gasteiger partial charge in [-0.25, -0.2) is 0 Å². The van der Waals surface area contributed by atoms with Crippen molar-refractivity contribution in [2.45, 2.75) is 44.8 Å². The van der Waals surface area contributed by atoms with Crippen LogP contribution in [0.4, 0.5) is 0 Å². The summed E-state index contributed by atoms with van der Waals surface area (Å²) in [5, 5.41) is 14.2. The second-order valence-corrected chi connectivity index (χ2v) is 8.63. The molecule has 0 saturated carbocycles. The molecule has 178 valence electrons. The average molecular weight is 455 g/mol. The average Bonchev–Trinajstić information content (AvgIpc) is 3.36. The van der Waals surface area contributed by atoms with Crippen molar-refractivity contribution in [3.8, 4) is 17.2 Å². The molecule has 2 heterocycles. The van der Waals surface area contributed by atoms with Gasteiger partial charge in [-0.1, -0.05) is 25.1 Å². The number of aliphatic hydroxyl groups is 1. The maximum absolute atomic E-state index is 12.7. The van der Waals surface area contributed by atoms with Crippen molar-refractivity contribution in [2.75, 3.05) is 39.5 Å². The predicted octanol–water partition coefficient (Wildman–Crippen LogP) is 3.10. The number of rotatable bonds is 10. The van der Waals surface area contributed by atoms with Crippen molar-refractivity contribution >= 4 is 5.91 Å². The van der Waals surface area contributed by atoms with E-state index in [2.05, 4.69) is 17.1 Å². The molecule has 0 aliphatic carbocycles. The highest BCUT2D eigenvalue weighted by Gasteiger charge is 2.27. The third kappa shape index (κ3) is 6.39. The third-order valence-electron chi connectivity index (χ3n) is 6.22. The lowest BCUT2D eigenvalue weighted by Gasteiger charge is -2.29. The zero-order valence-corrected chi connectivity index (χ0v) is 19.3. The summed E-state index contributed by atoms with van der Waals surface area (Å²) in [4.78, 5) is 15.0. The molecule has 7 nitrogen and oxygen atoms in total. The predicted molar refractivity (Wildman–Crippen MR) is 126 cm³/mol. The van der Waals surface area contributed by atoms with E-state index in [0.717, 1.165) is 38.1 Å². The number of benzene rings is 2. The molecular weight excluding hydrogens is 420 g/mol. The van der Waals surface area contributed by atoms with E-state index in [4.69, 9.17) is 14.2 Å². The first kappa shape index (κ1) is 23.4. The van der Waals surface area contributed by atoms with Crippen molar-refractivity contribution in [1.82, 2.24) is 10.2 Å². The van der Waals surface area contributed by atoms with Gasteiger partial charge in [0.2, 0.25) is 5.91 Å². The Morgan fingerprint density at radius 2 is 1.82 bits per heavy atom. The Morgan fingerprint density at radius 3 is 2.55 bits per heavy atom. The van der Waals surface area contributed by atoms with Crippen LogP contribution in [0, 0.1) is 0 Å². The van der Waals surface area contributed by atoms with Gasteiger partial charge < -0.3 is 29.5 Å². The van der Waals surface area contributed by atoms with Gasteiger partial charge in [-0.05, 0) is 67.7 Å². The van der Waals surface area contributed by atoms with E-state index in [1.807, 2.05) is 42.5 Å². The summed E-state index contributed by atoms with van der Waals surface area (Å²) < 4.78 is 17.0. The first-order valence-corrected chi connectivity index (χ1v) is 11.9. The van der Waals surface area contributed by atoms with Crippen LogP contribution in [0.2, 0.25) is 0 Å². The molecule has 1 saturated heterocycles. The van der Waals surface area contributed by atoms with Crippen molar-refractivity contribution < 1.29 is 24.1 Å². The molecule has 0 radical (unpaired) electrons. The van der Waals surface area contributed by atoms with Gasteiger partial charge in [-0.3, -0.25) is 4.79 Å². The van der Waals surface area contributed by atoms with Gasteiger partial charge in [0.05, 0.1) is 19.1 Å². The summed E-state index contributed by atoms with van der Waals surface area (Å²) in [5.74, 6) is 1.93. The molecule has 0 spiro atoms. The van der Waals surface area contributed by atoms with Crippen LogP contribution >= 0.6 is 0 Å². The number of fused-ring (bicyclic) bond motifs is 1. The molecule has 2 aliphatic rings. The number of aliphatic hydroxyl groups excluding tert-OH is 1. The standard InChI is InChI=1S/C26H34N2O5/c1-2-19-5-8-21(9-6-19)31-14-11-25(29)27-22(18-28-12-3-4-13-28)26(30)20-7-10-23-24(17-20)33-16-15-32-23/h5-10,17,22,26,30H,2-4,11-16,18H2,1H3,(H,27,29). The van der Waals surface area contributed by atoms with Crippen LogP contribution in [0.3, 0.4) is 0 Å². The van der Waals surface area contributed by atoms with Crippen molar-refractivity contribution in [3.05, 3.63) is 53.6 Å². The van der Waals surface area contributed by atoms with Gasteiger partial charge in [-0.2, -0.15) is 0 Å². The normalized spacial score (nSPS) is 17.4. The van der Waals surface area contributed by atoms with E-state index in [1.165, 1.54) is 5.56 Å². The first-order valence-electron chi connectivity index (χ1n) is 11.9. The summed E-state index contributed by atoms with van der Waals surface area (Å²) in [6.07, 6.45) is 2.64. The van der Waals surface area contributed by atoms with Crippen molar-refractivity contribution in [2.24, 2.45) is 0 Å². The number of likely N-dealkylation sites (tertiary alicyclic amines) is 1. The zero-order valence-electron chi connectivity index (χ0n) is 19.3. The monoisotopic (exact) mass is 454 g/mol. The molecular formula is C26H34N2O5. The highest BCUT2D eigenvalue weighted by Crippen LogP contribution is 2.33. The van der Waals surface area contributed by atoms with Gasteiger partial charge in [-0.15, -0.1) is 0 Å². The highest BCUT2D eigenvalue weighted by molar-refractivity contribution is 5.76. The minimum absolute atomic E-state index is 0.138. The smallest absolute Gasteiger partial charge is 0.223 e. The fourth-order valence-electron chi connectivity index (χ4n) is 4.31. The molecule has 1 fully saturated rings. The maximum Gasteiger partial charge on any atom is 0.223 e. The number of hydrogen-bond acceptors (Lipinski definition) is 6. The lowest BCUT2D eigenvalue weighted by Crippen LogP contribution is -2.47. The van der Waals surface area contributed by atoms with Gasteiger partial charge in [0.25, 0.3) is 0 Å². The number of amides is 1. The molecule has 33 heavy (non-hydrogen) atoms. The minimum Gasteiger partial charge on any atom is -0.493 e. The summed E-state index contributed by atoms with van der Waals surface area (Å²) in [6.45, 7) is 5.97. The maximum atomic E-state index is 12.7. The van der Waals surface area contributed by atoms with Crippen LogP contribution in [0.25, 0.3) is 0 Å². The number of ether oxygens (including phenoxy) is 3. The highest BCUT2D eigenvalue weighted by atomic mass is 16.6. The Balaban J connectivity index is 1.36. The topological polar surface area (TPSA) is 80.3 Å².